The van der Waals surface area contributed by atoms with Gasteiger partial charge in [-0.3, -0.25) is 0 Å². The normalized spacial score (nSPS) is 20.1. The molecular weight excluding hydrogens is 176 g/mol. The fourth-order valence-corrected chi connectivity index (χ4v) is 1.34. The van der Waals surface area contributed by atoms with Crippen LogP contribution < -0.4 is 0 Å². The number of aliphatic hydroxyl groups excluding tert-OH is 2. The van der Waals surface area contributed by atoms with Gasteiger partial charge in [-0.2, -0.15) is 0 Å². The summed E-state index contributed by atoms with van der Waals surface area (Å²) in [6.07, 6.45) is 3.97. The molecule has 0 fully saturated rings. The van der Waals surface area contributed by atoms with Gasteiger partial charge in [0, 0.05) is 13.2 Å². The summed E-state index contributed by atoms with van der Waals surface area (Å²) in [7, 11) is 0. The maximum absolute atomic E-state index is 9.27. The van der Waals surface area contributed by atoms with Gasteiger partial charge in [-0.1, -0.05) is 27.7 Å². The minimum absolute atomic E-state index is 0.0333. The number of aliphatic hydroxyl groups is 2. The van der Waals surface area contributed by atoms with Gasteiger partial charge in [0.1, 0.15) is 0 Å². The number of hydrogen-bond acceptors (Lipinski definition) is 2. The number of rotatable bonds is 7. The van der Waals surface area contributed by atoms with E-state index < -0.39 is 0 Å². The lowest BCUT2D eigenvalue weighted by atomic mass is 9.75. The zero-order valence-electron chi connectivity index (χ0n) is 10.1. The third-order valence-electron chi connectivity index (χ3n) is 3.80. The van der Waals surface area contributed by atoms with Crippen molar-refractivity contribution < 1.29 is 10.2 Å². The highest BCUT2D eigenvalue weighted by atomic mass is 16.3. The first kappa shape index (κ1) is 13.9. The van der Waals surface area contributed by atoms with E-state index in [1.807, 2.05) is 0 Å². The lowest BCUT2D eigenvalue weighted by molar-refractivity contribution is 0.0774. The van der Waals surface area contributed by atoms with Crippen LogP contribution in [0.4, 0.5) is 0 Å². The Morgan fingerprint density at radius 2 is 1.07 bits per heavy atom. The molecule has 0 aliphatic carbocycles. The highest BCUT2D eigenvalue weighted by Gasteiger charge is 2.27. The van der Waals surface area contributed by atoms with Crippen molar-refractivity contribution in [3.8, 4) is 0 Å². The lowest BCUT2D eigenvalue weighted by Crippen LogP contribution is -2.27. The standard InChI is InChI=1S/C12H26O2/c1-5-11(3,9-13)7-8-12(4,6-2)10-14/h13-14H,5-10H2,1-4H3. The fourth-order valence-electron chi connectivity index (χ4n) is 1.34. The monoisotopic (exact) mass is 202 g/mol. The second kappa shape index (κ2) is 5.72. The molecule has 0 amide bonds. The third kappa shape index (κ3) is 3.97. The molecule has 0 aromatic heterocycles. The molecule has 0 rings (SSSR count). The van der Waals surface area contributed by atoms with Crippen molar-refractivity contribution in [2.24, 2.45) is 10.8 Å². The van der Waals surface area contributed by atoms with Crippen LogP contribution in [0.1, 0.15) is 53.4 Å². The molecule has 2 atom stereocenters. The SMILES string of the molecule is CCC(C)(CO)CCC(C)(CC)CO. The van der Waals surface area contributed by atoms with E-state index >= 15 is 0 Å². The predicted molar refractivity (Wildman–Crippen MR) is 60.2 cm³/mol. The summed E-state index contributed by atoms with van der Waals surface area (Å²) in [6, 6.07) is 0. The molecule has 0 spiro atoms. The second-order valence-corrected chi connectivity index (χ2v) is 5.14. The van der Waals surface area contributed by atoms with Crippen molar-refractivity contribution in [1.29, 1.82) is 0 Å². The summed E-state index contributed by atoms with van der Waals surface area (Å²) in [4.78, 5) is 0. The zero-order valence-corrected chi connectivity index (χ0v) is 10.1. The van der Waals surface area contributed by atoms with E-state index in [9.17, 15) is 10.2 Å². The van der Waals surface area contributed by atoms with E-state index in [0.29, 0.717) is 0 Å². The molecular formula is C12H26O2. The maximum Gasteiger partial charge on any atom is 0.0484 e. The Morgan fingerprint density at radius 1 is 0.786 bits per heavy atom. The van der Waals surface area contributed by atoms with E-state index in [-0.39, 0.29) is 24.0 Å². The van der Waals surface area contributed by atoms with E-state index in [2.05, 4.69) is 27.7 Å². The van der Waals surface area contributed by atoms with Crippen molar-refractivity contribution in [2.75, 3.05) is 13.2 Å². The third-order valence-corrected chi connectivity index (χ3v) is 3.80. The average Bonchev–Trinajstić information content (AvgIpc) is 2.25. The molecule has 0 aromatic rings. The van der Waals surface area contributed by atoms with Crippen LogP contribution in [0.25, 0.3) is 0 Å². The summed E-state index contributed by atoms with van der Waals surface area (Å²) in [5.41, 5.74) is 0.0667. The van der Waals surface area contributed by atoms with Crippen LogP contribution in [-0.4, -0.2) is 23.4 Å². The Morgan fingerprint density at radius 3 is 1.21 bits per heavy atom. The largest absolute Gasteiger partial charge is 0.396 e. The quantitative estimate of drug-likeness (QED) is 0.666. The molecule has 2 nitrogen and oxygen atoms in total. The van der Waals surface area contributed by atoms with Crippen LogP contribution in [0.2, 0.25) is 0 Å². The van der Waals surface area contributed by atoms with Gasteiger partial charge < -0.3 is 10.2 Å². The van der Waals surface area contributed by atoms with Crippen LogP contribution in [-0.2, 0) is 0 Å². The highest BCUT2D eigenvalue weighted by Crippen LogP contribution is 2.34. The van der Waals surface area contributed by atoms with Crippen molar-refractivity contribution in [2.45, 2.75) is 53.4 Å². The zero-order chi connectivity index (χ0) is 11.2. The Hall–Kier alpha value is -0.0800. The van der Waals surface area contributed by atoms with Crippen LogP contribution in [0.15, 0.2) is 0 Å². The van der Waals surface area contributed by atoms with Gasteiger partial charge in [0.25, 0.3) is 0 Å². The second-order valence-electron chi connectivity index (χ2n) is 5.14. The van der Waals surface area contributed by atoms with Crippen LogP contribution in [0.3, 0.4) is 0 Å². The summed E-state index contributed by atoms with van der Waals surface area (Å²) >= 11 is 0. The topological polar surface area (TPSA) is 40.5 Å². The van der Waals surface area contributed by atoms with Crippen molar-refractivity contribution in [3.05, 3.63) is 0 Å². The lowest BCUT2D eigenvalue weighted by Gasteiger charge is -2.32. The van der Waals surface area contributed by atoms with E-state index in [1.54, 1.807) is 0 Å². The minimum Gasteiger partial charge on any atom is -0.396 e. The molecule has 0 aromatic carbocycles. The molecule has 14 heavy (non-hydrogen) atoms. The van der Waals surface area contributed by atoms with Crippen molar-refractivity contribution in [1.82, 2.24) is 0 Å². The van der Waals surface area contributed by atoms with Gasteiger partial charge in [0.05, 0.1) is 0 Å². The smallest absolute Gasteiger partial charge is 0.0484 e. The van der Waals surface area contributed by atoms with Gasteiger partial charge in [0.2, 0.25) is 0 Å². The van der Waals surface area contributed by atoms with E-state index in [0.717, 1.165) is 25.7 Å². The molecule has 0 saturated heterocycles. The molecule has 0 heterocycles. The summed E-state index contributed by atoms with van der Waals surface area (Å²) in [5.74, 6) is 0. The van der Waals surface area contributed by atoms with Gasteiger partial charge in [-0.25, -0.2) is 0 Å². The molecule has 0 aliphatic heterocycles. The first-order chi connectivity index (χ1) is 6.45. The minimum atomic E-state index is 0.0333. The van der Waals surface area contributed by atoms with Crippen LogP contribution in [0.5, 0.6) is 0 Å². The molecule has 2 unspecified atom stereocenters. The average molecular weight is 202 g/mol. The molecule has 86 valence electrons. The molecule has 2 N–H and O–H groups in total. The Balaban J connectivity index is 4.14. The maximum atomic E-state index is 9.27. The van der Waals surface area contributed by atoms with Gasteiger partial charge >= 0.3 is 0 Å². The summed E-state index contributed by atoms with van der Waals surface area (Å²) in [6.45, 7) is 8.93. The summed E-state index contributed by atoms with van der Waals surface area (Å²) in [5, 5.41) is 18.5. The molecule has 0 aliphatic rings. The Bertz CT molecular complexity index is 128. The van der Waals surface area contributed by atoms with Gasteiger partial charge in [0.15, 0.2) is 0 Å². The van der Waals surface area contributed by atoms with Crippen molar-refractivity contribution in [3.63, 3.8) is 0 Å². The fraction of sp³-hybridized carbons (Fsp3) is 1.00. The molecule has 0 saturated carbocycles. The molecule has 2 heteroatoms. The van der Waals surface area contributed by atoms with Gasteiger partial charge in [-0.15, -0.1) is 0 Å². The van der Waals surface area contributed by atoms with Crippen LogP contribution >= 0.6 is 0 Å². The summed E-state index contributed by atoms with van der Waals surface area (Å²) < 4.78 is 0. The molecule has 0 bridgehead atoms. The Kier molecular flexibility index (Phi) is 5.68. The Labute approximate surface area is 88.3 Å². The molecule has 0 radical (unpaired) electrons. The first-order valence-corrected chi connectivity index (χ1v) is 5.67. The number of hydrogen-bond donors (Lipinski definition) is 2. The van der Waals surface area contributed by atoms with E-state index in [1.165, 1.54) is 0 Å². The van der Waals surface area contributed by atoms with E-state index in [4.69, 9.17) is 0 Å². The van der Waals surface area contributed by atoms with Gasteiger partial charge in [-0.05, 0) is 36.5 Å². The first-order valence-electron chi connectivity index (χ1n) is 5.67. The predicted octanol–water partition coefficient (Wildman–Crippen LogP) is 2.58. The van der Waals surface area contributed by atoms with Crippen LogP contribution in [0, 0.1) is 10.8 Å². The highest BCUT2D eigenvalue weighted by molar-refractivity contribution is 4.78. The van der Waals surface area contributed by atoms with Crippen molar-refractivity contribution >= 4 is 0 Å².